The predicted octanol–water partition coefficient (Wildman–Crippen LogP) is 7.83. The first-order chi connectivity index (χ1) is 15.8. The molecule has 1 saturated carbocycles. The van der Waals surface area contributed by atoms with Gasteiger partial charge in [0, 0.05) is 40.1 Å². The van der Waals surface area contributed by atoms with E-state index in [0.29, 0.717) is 16.5 Å². The lowest BCUT2D eigenvalue weighted by Gasteiger charge is -2.13. The molecule has 168 valence electrons. The number of halogens is 3. The molecule has 0 bridgehead atoms. The van der Waals surface area contributed by atoms with Gasteiger partial charge in [-0.15, -0.1) is 11.8 Å². The van der Waals surface area contributed by atoms with Crippen LogP contribution in [0.15, 0.2) is 77.7 Å². The van der Waals surface area contributed by atoms with E-state index >= 15 is 0 Å². The van der Waals surface area contributed by atoms with E-state index in [1.807, 2.05) is 52.7 Å². The number of para-hydroxylation sites is 1. The van der Waals surface area contributed by atoms with Crippen LogP contribution in [-0.4, -0.2) is 15.6 Å². The Hall–Kier alpha value is -2.99. The lowest BCUT2D eigenvalue weighted by Crippen LogP contribution is -2.10. The highest BCUT2D eigenvalue weighted by Crippen LogP contribution is 2.41. The van der Waals surface area contributed by atoms with Gasteiger partial charge in [-0.05, 0) is 54.3 Å². The standard InChI is InChI=1S/C27H22F3NOS/c1-17(32)26-25(19-9-11-21(12-10-19)33-22-13-14-22)23-7-2-3-8-24(23)31(26)16-18-5-4-6-20(15-18)27(28,29)30/h2-12,15,22H,13-14,16H2,1H3. The molecule has 5 rings (SSSR count). The Balaban J connectivity index is 1.63. The molecule has 0 amide bonds. The van der Waals surface area contributed by atoms with Crippen LogP contribution < -0.4 is 0 Å². The first kappa shape index (κ1) is 21.8. The molecule has 6 heteroatoms. The second kappa shape index (κ2) is 8.41. The minimum atomic E-state index is -4.41. The summed E-state index contributed by atoms with van der Waals surface area (Å²) in [6.45, 7) is 1.69. The molecule has 0 aliphatic heterocycles. The summed E-state index contributed by atoms with van der Waals surface area (Å²) >= 11 is 1.87. The zero-order chi connectivity index (χ0) is 23.2. The third-order valence-corrected chi connectivity index (χ3v) is 7.22. The first-order valence-corrected chi connectivity index (χ1v) is 11.7. The molecule has 0 N–H and O–H groups in total. The third-order valence-electron chi connectivity index (χ3n) is 5.87. The highest BCUT2D eigenvalue weighted by atomic mass is 32.2. The van der Waals surface area contributed by atoms with Crippen molar-refractivity contribution in [1.29, 1.82) is 0 Å². The van der Waals surface area contributed by atoms with Crippen LogP contribution in [0, 0.1) is 0 Å². The molecule has 0 spiro atoms. The molecule has 33 heavy (non-hydrogen) atoms. The number of hydrogen-bond donors (Lipinski definition) is 0. The second-order valence-corrected chi connectivity index (χ2v) is 9.80. The van der Waals surface area contributed by atoms with Gasteiger partial charge in [-0.1, -0.05) is 42.5 Å². The number of benzene rings is 3. The number of nitrogens with zero attached hydrogens (tertiary/aromatic N) is 1. The van der Waals surface area contributed by atoms with Crippen LogP contribution >= 0.6 is 11.8 Å². The van der Waals surface area contributed by atoms with E-state index in [4.69, 9.17) is 0 Å². The number of Topliss-reactive ketones (excluding diaryl/α,β-unsaturated/α-hetero) is 1. The highest BCUT2D eigenvalue weighted by Gasteiger charge is 2.30. The van der Waals surface area contributed by atoms with Gasteiger partial charge in [0.2, 0.25) is 0 Å². The SMILES string of the molecule is CC(=O)c1c(-c2ccc(SC3CC3)cc2)c2ccccc2n1Cc1cccc(C(F)(F)F)c1. The van der Waals surface area contributed by atoms with Gasteiger partial charge < -0.3 is 4.57 Å². The summed E-state index contributed by atoms with van der Waals surface area (Å²) in [5, 5.41) is 1.62. The minimum Gasteiger partial charge on any atom is -0.333 e. The van der Waals surface area contributed by atoms with E-state index in [0.717, 1.165) is 34.2 Å². The van der Waals surface area contributed by atoms with Crippen molar-refractivity contribution in [2.75, 3.05) is 0 Å². The maximum absolute atomic E-state index is 13.2. The summed E-state index contributed by atoms with van der Waals surface area (Å²) in [7, 11) is 0. The molecule has 1 aliphatic rings. The quantitative estimate of drug-likeness (QED) is 0.271. The number of carbonyl (C=O) groups is 1. The fourth-order valence-corrected chi connectivity index (χ4v) is 5.28. The third kappa shape index (κ3) is 4.44. The molecular formula is C27H22F3NOS. The number of aromatic nitrogens is 1. The number of rotatable bonds is 6. The Morgan fingerprint density at radius 3 is 2.39 bits per heavy atom. The van der Waals surface area contributed by atoms with Crippen molar-refractivity contribution in [3.05, 3.63) is 89.6 Å². The van der Waals surface area contributed by atoms with Crippen molar-refractivity contribution >= 4 is 28.4 Å². The summed E-state index contributed by atoms with van der Waals surface area (Å²) in [5.74, 6) is -0.121. The summed E-state index contributed by atoms with van der Waals surface area (Å²) < 4.78 is 41.6. The van der Waals surface area contributed by atoms with Crippen LogP contribution in [0.3, 0.4) is 0 Å². The lowest BCUT2D eigenvalue weighted by atomic mass is 10.0. The maximum atomic E-state index is 13.2. The normalized spacial score (nSPS) is 14.1. The van der Waals surface area contributed by atoms with E-state index in [-0.39, 0.29) is 12.3 Å². The van der Waals surface area contributed by atoms with Gasteiger partial charge in [-0.2, -0.15) is 13.2 Å². The Morgan fingerprint density at radius 1 is 1.00 bits per heavy atom. The van der Waals surface area contributed by atoms with Gasteiger partial charge >= 0.3 is 6.18 Å². The minimum absolute atomic E-state index is 0.121. The fourth-order valence-electron chi connectivity index (χ4n) is 4.23. The molecule has 1 fully saturated rings. The molecule has 0 unspecified atom stereocenters. The van der Waals surface area contributed by atoms with Crippen molar-refractivity contribution in [3.8, 4) is 11.1 Å². The number of ketones is 1. The molecule has 3 aromatic carbocycles. The Labute approximate surface area is 194 Å². The molecule has 0 saturated heterocycles. The van der Waals surface area contributed by atoms with E-state index in [1.54, 1.807) is 6.07 Å². The van der Waals surface area contributed by atoms with Crippen molar-refractivity contribution in [1.82, 2.24) is 4.57 Å². The molecule has 2 nitrogen and oxygen atoms in total. The van der Waals surface area contributed by atoms with Crippen LogP contribution in [0.4, 0.5) is 13.2 Å². The second-order valence-electron chi connectivity index (χ2n) is 8.42. The first-order valence-electron chi connectivity index (χ1n) is 10.9. The van der Waals surface area contributed by atoms with E-state index in [9.17, 15) is 18.0 Å². The van der Waals surface area contributed by atoms with Gasteiger partial charge in [0.15, 0.2) is 5.78 Å². The predicted molar refractivity (Wildman–Crippen MR) is 127 cm³/mol. The number of thioether (sulfide) groups is 1. The molecule has 1 aromatic heterocycles. The van der Waals surface area contributed by atoms with Crippen LogP contribution in [-0.2, 0) is 12.7 Å². The number of carbonyl (C=O) groups excluding carboxylic acids is 1. The lowest BCUT2D eigenvalue weighted by molar-refractivity contribution is -0.137. The van der Waals surface area contributed by atoms with E-state index in [1.165, 1.54) is 30.7 Å². The smallest absolute Gasteiger partial charge is 0.333 e. The average molecular weight is 466 g/mol. The largest absolute Gasteiger partial charge is 0.416 e. The van der Waals surface area contributed by atoms with Gasteiger partial charge in [0.25, 0.3) is 0 Å². The Bertz CT molecular complexity index is 1330. The van der Waals surface area contributed by atoms with Gasteiger partial charge in [0.1, 0.15) is 0 Å². The summed E-state index contributed by atoms with van der Waals surface area (Å²) in [6, 6.07) is 21.2. The van der Waals surface area contributed by atoms with Crippen LogP contribution in [0.5, 0.6) is 0 Å². The Morgan fingerprint density at radius 2 is 1.73 bits per heavy atom. The summed E-state index contributed by atoms with van der Waals surface area (Å²) in [4.78, 5) is 14.1. The molecule has 4 aromatic rings. The summed E-state index contributed by atoms with van der Waals surface area (Å²) in [5.41, 5.74) is 2.90. The monoisotopic (exact) mass is 465 g/mol. The van der Waals surface area contributed by atoms with Crippen LogP contribution in [0.1, 0.15) is 41.4 Å². The van der Waals surface area contributed by atoms with Crippen LogP contribution in [0.2, 0.25) is 0 Å². The van der Waals surface area contributed by atoms with E-state index in [2.05, 4.69) is 12.1 Å². The zero-order valence-electron chi connectivity index (χ0n) is 18.0. The molecule has 0 radical (unpaired) electrons. The highest BCUT2D eigenvalue weighted by molar-refractivity contribution is 8.00. The number of alkyl halides is 3. The van der Waals surface area contributed by atoms with Crippen molar-refractivity contribution in [2.24, 2.45) is 0 Å². The maximum Gasteiger partial charge on any atom is 0.416 e. The average Bonchev–Trinajstić information content (AvgIpc) is 3.54. The number of hydrogen-bond acceptors (Lipinski definition) is 2. The summed E-state index contributed by atoms with van der Waals surface area (Å²) in [6.07, 6.45) is -1.91. The van der Waals surface area contributed by atoms with Gasteiger partial charge in [0.05, 0.1) is 11.3 Å². The zero-order valence-corrected chi connectivity index (χ0v) is 18.8. The Kier molecular flexibility index (Phi) is 5.57. The van der Waals surface area contributed by atoms with Crippen molar-refractivity contribution in [3.63, 3.8) is 0 Å². The molecule has 1 aliphatic carbocycles. The van der Waals surface area contributed by atoms with Crippen LogP contribution in [0.25, 0.3) is 22.0 Å². The molecule has 1 heterocycles. The van der Waals surface area contributed by atoms with Crippen molar-refractivity contribution < 1.29 is 18.0 Å². The molecular weight excluding hydrogens is 443 g/mol. The van der Waals surface area contributed by atoms with E-state index < -0.39 is 11.7 Å². The van der Waals surface area contributed by atoms with Gasteiger partial charge in [-0.3, -0.25) is 4.79 Å². The topological polar surface area (TPSA) is 22.0 Å². The van der Waals surface area contributed by atoms with Gasteiger partial charge in [-0.25, -0.2) is 0 Å². The molecule has 0 atom stereocenters. The fraction of sp³-hybridized carbons (Fsp3) is 0.222. The van der Waals surface area contributed by atoms with Crippen molar-refractivity contribution in [2.45, 2.75) is 42.6 Å². The number of fused-ring (bicyclic) bond motifs is 1.